The molecule has 11 rings (SSSR count). The molecule has 0 saturated carbocycles. The van der Waals surface area contributed by atoms with Crippen molar-refractivity contribution in [1.29, 1.82) is 0 Å². The highest BCUT2D eigenvalue weighted by molar-refractivity contribution is 6.29. The molecule has 58 heavy (non-hydrogen) atoms. The lowest BCUT2D eigenvalue weighted by atomic mass is 9.96. The maximum atomic E-state index is 5.25. The van der Waals surface area contributed by atoms with Gasteiger partial charge in [0.25, 0.3) is 0 Å². The molecule has 0 radical (unpaired) electrons. The molecule has 11 aromatic rings. The maximum Gasteiger partial charge on any atom is 0.0788 e. The molecule has 0 N–H and O–H groups in total. The Hall–Kier alpha value is -7.75. The SMILES string of the molecule is c1ccc(-c2ccc(N(c3ccc(-c4ccccc4)cc3)c3cccc(-n4c5ccccc5c5c6c(ccc54)c(-c4ccccc4)nc4ccccc46)c3)cc2)cc1. The second kappa shape index (κ2) is 14.1. The monoisotopic (exact) mass is 739 g/mol. The van der Waals surface area contributed by atoms with Crippen molar-refractivity contribution in [3.05, 3.63) is 224 Å². The lowest BCUT2D eigenvalue weighted by molar-refractivity contribution is 1.17. The molecule has 9 aromatic carbocycles. The van der Waals surface area contributed by atoms with E-state index in [4.69, 9.17) is 4.98 Å². The quantitative estimate of drug-likeness (QED) is 0.152. The summed E-state index contributed by atoms with van der Waals surface area (Å²) in [5, 5.41) is 5.99. The summed E-state index contributed by atoms with van der Waals surface area (Å²) in [4.78, 5) is 7.61. The van der Waals surface area contributed by atoms with Gasteiger partial charge in [-0.1, -0.05) is 164 Å². The Morgan fingerprint density at radius 1 is 0.328 bits per heavy atom. The summed E-state index contributed by atoms with van der Waals surface area (Å²) in [6.45, 7) is 0. The smallest absolute Gasteiger partial charge is 0.0788 e. The average Bonchev–Trinajstić information content (AvgIpc) is 3.65. The molecule has 3 nitrogen and oxygen atoms in total. The highest BCUT2D eigenvalue weighted by atomic mass is 15.1. The number of hydrogen-bond donors (Lipinski definition) is 0. The van der Waals surface area contributed by atoms with Gasteiger partial charge in [-0.15, -0.1) is 0 Å². The van der Waals surface area contributed by atoms with Gasteiger partial charge in [0.1, 0.15) is 0 Å². The van der Waals surface area contributed by atoms with Crippen molar-refractivity contribution in [2.75, 3.05) is 4.90 Å². The van der Waals surface area contributed by atoms with Crippen LogP contribution in [0.2, 0.25) is 0 Å². The van der Waals surface area contributed by atoms with E-state index in [2.05, 4.69) is 234 Å². The minimum Gasteiger partial charge on any atom is -0.310 e. The summed E-state index contributed by atoms with van der Waals surface area (Å²) in [6, 6.07) is 80.4. The van der Waals surface area contributed by atoms with E-state index < -0.39 is 0 Å². The van der Waals surface area contributed by atoms with Crippen molar-refractivity contribution in [1.82, 2.24) is 9.55 Å². The van der Waals surface area contributed by atoms with Crippen LogP contribution in [-0.4, -0.2) is 9.55 Å². The molecule has 3 heteroatoms. The van der Waals surface area contributed by atoms with E-state index in [0.717, 1.165) is 61.3 Å². The fourth-order valence-corrected chi connectivity index (χ4v) is 8.68. The molecule has 0 saturated heterocycles. The molecule has 0 spiro atoms. The van der Waals surface area contributed by atoms with Gasteiger partial charge >= 0.3 is 0 Å². The zero-order chi connectivity index (χ0) is 38.4. The summed E-state index contributed by atoms with van der Waals surface area (Å²) < 4.78 is 2.43. The first-order valence-electron chi connectivity index (χ1n) is 19.8. The molecule has 0 amide bonds. The number of fused-ring (bicyclic) bond motifs is 7. The summed E-state index contributed by atoms with van der Waals surface area (Å²) in [7, 11) is 0. The van der Waals surface area contributed by atoms with Crippen LogP contribution in [0.1, 0.15) is 0 Å². The van der Waals surface area contributed by atoms with E-state index in [1.54, 1.807) is 0 Å². The Bertz CT molecular complexity index is 3160. The van der Waals surface area contributed by atoms with Gasteiger partial charge in [-0.25, -0.2) is 4.98 Å². The number of para-hydroxylation sites is 2. The Morgan fingerprint density at radius 3 is 1.50 bits per heavy atom. The third kappa shape index (κ3) is 5.72. The van der Waals surface area contributed by atoms with E-state index in [0.29, 0.717) is 0 Å². The van der Waals surface area contributed by atoms with E-state index in [1.807, 2.05) is 0 Å². The van der Waals surface area contributed by atoms with Crippen molar-refractivity contribution < 1.29 is 0 Å². The predicted molar refractivity (Wildman–Crippen MR) is 245 cm³/mol. The number of anilines is 3. The van der Waals surface area contributed by atoms with Gasteiger partial charge in [-0.05, 0) is 82.9 Å². The first-order chi connectivity index (χ1) is 28.8. The van der Waals surface area contributed by atoms with Gasteiger partial charge in [0, 0.05) is 55.2 Å². The fraction of sp³-hybridized carbons (Fsp3) is 0. The predicted octanol–water partition coefficient (Wildman–Crippen LogP) is 15.0. The van der Waals surface area contributed by atoms with Crippen molar-refractivity contribution >= 4 is 60.5 Å². The topological polar surface area (TPSA) is 21.1 Å². The number of nitrogens with zero attached hydrogens (tertiary/aromatic N) is 3. The molecule has 0 aliphatic heterocycles. The van der Waals surface area contributed by atoms with Gasteiger partial charge in [0.05, 0.1) is 22.2 Å². The zero-order valence-corrected chi connectivity index (χ0v) is 31.7. The minimum atomic E-state index is 0.993. The Labute approximate surface area is 337 Å². The molecule has 0 atom stereocenters. The van der Waals surface area contributed by atoms with Crippen molar-refractivity contribution in [3.8, 4) is 39.2 Å². The Balaban J connectivity index is 1.11. The fourth-order valence-electron chi connectivity index (χ4n) is 8.68. The first kappa shape index (κ1) is 33.6. The number of benzene rings is 9. The maximum absolute atomic E-state index is 5.25. The molecule has 0 aliphatic rings. The summed E-state index contributed by atoms with van der Waals surface area (Å²) >= 11 is 0. The zero-order valence-electron chi connectivity index (χ0n) is 31.7. The van der Waals surface area contributed by atoms with Gasteiger partial charge < -0.3 is 9.47 Å². The second-order valence-corrected chi connectivity index (χ2v) is 14.8. The number of aromatic nitrogens is 2. The molecule has 0 unspecified atom stereocenters. The van der Waals surface area contributed by atoms with Crippen LogP contribution in [0.25, 0.3) is 82.7 Å². The third-order valence-electron chi connectivity index (χ3n) is 11.4. The van der Waals surface area contributed by atoms with Crippen LogP contribution in [0, 0.1) is 0 Å². The van der Waals surface area contributed by atoms with Gasteiger partial charge in [0.2, 0.25) is 0 Å². The Morgan fingerprint density at radius 2 is 0.862 bits per heavy atom. The normalized spacial score (nSPS) is 11.4. The Kier molecular flexibility index (Phi) is 8.15. The molecular formula is C55H37N3. The molecule has 0 fully saturated rings. The largest absolute Gasteiger partial charge is 0.310 e. The van der Waals surface area contributed by atoms with E-state index in [9.17, 15) is 0 Å². The van der Waals surface area contributed by atoms with E-state index >= 15 is 0 Å². The highest BCUT2D eigenvalue weighted by Gasteiger charge is 2.21. The van der Waals surface area contributed by atoms with Crippen LogP contribution < -0.4 is 4.90 Å². The van der Waals surface area contributed by atoms with E-state index in [1.165, 1.54) is 38.4 Å². The number of rotatable bonds is 7. The van der Waals surface area contributed by atoms with Crippen LogP contribution in [0.15, 0.2) is 224 Å². The molecule has 0 bridgehead atoms. The van der Waals surface area contributed by atoms with Crippen LogP contribution in [0.3, 0.4) is 0 Å². The van der Waals surface area contributed by atoms with Crippen LogP contribution in [0.5, 0.6) is 0 Å². The second-order valence-electron chi connectivity index (χ2n) is 14.8. The molecular weight excluding hydrogens is 703 g/mol. The summed E-state index contributed by atoms with van der Waals surface area (Å²) in [5.74, 6) is 0. The number of hydrogen-bond acceptors (Lipinski definition) is 2. The molecule has 272 valence electrons. The average molecular weight is 740 g/mol. The van der Waals surface area contributed by atoms with Crippen LogP contribution in [0.4, 0.5) is 17.1 Å². The van der Waals surface area contributed by atoms with E-state index in [-0.39, 0.29) is 0 Å². The number of pyridine rings is 1. The van der Waals surface area contributed by atoms with Crippen LogP contribution in [-0.2, 0) is 0 Å². The third-order valence-corrected chi connectivity index (χ3v) is 11.4. The van der Waals surface area contributed by atoms with Crippen molar-refractivity contribution in [3.63, 3.8) is 0 Å². The molecule has 2 aromatic heterocycles. The minimum absolute atomic E-state index is 0.993. The van der Waals surface area contributed by atoms with Gasteiger partial charge in [-0.3, -0.25) is 0 Å². The van der Waals surface area contributed by atoms with Crippen molar-refractivity contribution in [2.24, 2.45) is 0 Å². The summed E-state index contributed by atoms with van der Waals surface area (Å²) in [5.41, 5.74) is 14.6. The first-order valence-corrected chi connectivity index (χ1v) is 19.8. The lowest BCUT2D eigenvalue weighted by Crippen LogP contribution is -2.10. The van der Waals surface area contributed by atoms with Gasteiger partial charge in [0.15, 0.2) is 0 Å². The highest BCUT2D eigenvalue weighted by Crippen LogP contribution is 2.43. The lowest BCUT2D eigenvalue weighted by Gasteiger charge is -2.26. The summed E-state index contributed by atoms with van der Waals surface area (Å²) in [6.07, 6.45) is 0. The van der Waals surface area contributed by atoms with Crippen LogP contribution >= 0.6 is 0 Å². The molecule has 2 heterocycles. The standard InChI is InChI=1S/C55H37N3/c1-4-15-38(16-5-1)40-27-31-43(32-28-40)57(44-33-29-41(30-34-44)39-17-6-2-7-18-39)45-21-14-22-46(37-45)58-51-26-13-11-24-48(51)54-52(58)36-35-49-53(54)47-23-10-12-25-50(47)56-55(49)42-19-8-3-9-20-42/h1-37H. The van der Waals surface area contributed by atoms with Gasteiger partial charge in [-0.2, -0.15) is 0 Å². The van der Waals surface area contributed by atoms with Crippen molar-refractivity contribution in [2.45, 2.75) is 0 Å². The molecule has 0 aliphatic carbocycles.